The van der Waals surface area contributed by atoms with E-state index in [1.165, 1.54) is 18.6 Å². The van der Waals surface area contributed by atoms with Crippen molar-refractivity contribution in [1.82, 2.24) is 5.32 Å². The first kappa shape index (κ1) is 17.3. The predicted octanol–water partition coefficient (Wildman–Crippen LogP) is 3.71. The Labute approximate surface area is 147 Å². The summed E-state index contributed by atoms with van der Waals surface area (Å²) in [4.78, 5) is 12.5. The van der Waals surface area contributed by atoms with Gasteiger partial charge in [-0.1, -0.05) is 31.4 Å². The Bertz CT molecular complexity index is 722. The molecule has 1 amide bonds. The van der Waals surface area contributed by atoms with Gasteiger partial charge in [-0.25, -0.2) is 0 Å². The zero-order valence-corrected chi connectivity index (χ0v) is 14.2. The summed E-state index contributed by atoms with van der Waals surface area (Å²) >= 11 is 0. The van der Waals surface area contributed by atoms with E-state index in [0.29, 0.717) is 23.6 Å². The van der Waals surface area contributed by atoms with Crippen LogP contribution in [0.4, 0.5) is 0 Å². The van der Waals surface area contributed by atoms with E-state index in [9.17, 15) is 9.90 Å². The van der Waals surface area contributed by atoms with Crippen LogP contribution in [0, 0.1) is 0 Å². The molecule has 1 saturated carbocycles. The molecule has 5 nitrogen and oxygen atoms in total. The van der Waals surface area contributed by atoms with Crippen molar-refractivity contribution < 1.29 is 14.6 Å². The Kier molecular flexibility index (Phi) is 5.56. The molecular weight excluding hydrogens is 316 g/mol. The molecule has 0 unspecified atom stereocenters. The van der Waals surface area contributed by atoms with Gasteiger partial charge in [0.05, 0.1) is 0 Å². The smallest absolute Gasteiger partial charge is 0.251 e. The first-order valence-corrected chi connectivity index (χ1v) is 8.76. The van der Waals surface area contributed by atoms with Crippen LogP contribution in [0.15, 0.2) is 42.5 Å². The number of carbonyl (C=O) groups excluding carboxylic acids is 1. The lowest BCUT2D eigenvalue weighted by atomic mass is 9.95. The molecule has 2 aromatic rings. The highest BCUT2D eigenvalue weighted by Crippen LogP contribution is 2.27. The third-order valence-electron chi connectivity index (χ3n) is 4.49. The van der Waals surface area contributed by atoms with Gasteiger partial charge in [-0.3, -0.25) is 4.79 Å². The minimum absolute atomic E-state index is 0.00451. The maximum Gasteiger partial charge on any atom is 0.251 e. The Morgan fingerprint density at radius 3 is 2.48 bits per heavy atom. The summed E-state index contributed by atoms with van der Waals surface area (Å²) in [6, 6.07) is 12.2. The first-order chi connectivity index (χ1) is 12.1. The van der Waals surface area contributed by atoms with Gasteiger partial charge >= 0.3 is 0 Å². The maximum absolute atomic E-state index is 12.5. The lowest BCUT2D eigenvalue weighted by Crippen LogP contribution is -2.36. The van der Waals surface area contributed by atoms with Crippen molar-refractivity contribution in [2.45, 2.75) is 44.7 Å². The molecule has 0 bridgehead atoms. The van der Waals surface area contributed by atoms with Crippen LogP contribution in [0.1, 0.15) is 48.0 Å². The molecule has 1 aliphatic rings. The molecule has 132 valence electrons. The lowest BCUT2D eigenvalue weighted by molar-refractivity contribution is 0.0927. The molecule has 0 atom stereocenters. The zero-order chi connectivity index (χ0) is 17.6. The number of amides is 1. The van der Waals surface area contributed by atoms with Crippen LogP contribution in [0.3, 0.4) is 0 Å². The SMILES string of the molecule is NCc1ccc(Oc2cc(O)cc(C(=O)NC3CCCCC3)c2)cc1. The maximum atomic E-state index is 12.5. The highest BCUT2D eigenvalue weighted by molar-refractivity contribution is 5.95. The Morgan fingerprint density at radius 1 is 1.08 bits per heavy atom. The predicted molar refractivity (Wildman–Crippen MR) is 96.9 cm³/mol. The van der Waals surface area contributed by atoms with Gasteiger partial charge in [0.15, 0.2) is 0 Å². The summed E-state index contributed by atoms with van der Waals surface area (Å²) < 4.78 is 5.76. The van der Waals surface area contributed by atoms with Crippen LogP contribution in [-0.4, -0.2) is 17.1 Å². The van der Waals surface area contributed by atoms with Crippen molar-refractivity contribution >= 4 is 5.91 Å². The number of ether oxygens (including phenoxy) is 1. The highest BCUT2D eigenvalue weighted by atomic mass is 16.5. The number of nitrogens with one attached hydrogen (secondary N) is 1. The molecule has 0 heterocycles. The second kappa shape index (κ2) is 8.03. The molecule has 0 radical (unpaired) electrons. The summed E-state index contributed by atoms with van der Waals surface area (Å²) in [6.07, 6.45) is 5.57. The number of aromatic hydroxyl groups is 1. The fourth-order valence-electron chi connectivity index (χ4n) is 3.12. The molecule has 25 heavy (non-hydrogen) atoms. The fraction of sp³-hybridized carbons (Fsp3) is 0.350. The molecule has 1 aliphatic carbocycles. The van der Waals surface area contributed by atoms with Gasteiger partial charge in [-0.15, -0.1) is 0 Å². The van der Waals surface area contributed by atoms with Gasteiger partial charge in [0.1, 0.15) is 17.2 Å². The first-order valence-electron chi connectivity index (χ1n) is 8.76. The quantitative estimate of drug-likeness (QED) is 0.775. The number of phenolic OH excluding ortho intramolecular Hbond substituents is 1. The van der Waals surface area contributed by atoms with E-state index in [4.69, 9.17) is 10.5 Å². The second-order valence-electron chi connectivity index (χ2n) is 6.47. The molecule has 1 fully saturated rings. The monoisotopic (exact) mass is 340 g/mol. The van der Waals surface area contributed by atoms with Gasteiger partial charge in [0, 0.05) is 24.2 Å². The number of nitrogens with two attached hydrogens (primary N) is 1. The summed E-state index contributed by atoms with van der Waals surface area (Å²) in [7, 11) is 0. The van der Waals surface area contributed by atoms with Gasteiger partial charge in [0.2, 0.25) is 0 Å². The van der Waals surface area contributed by atoms with E-state index in [-0.39, 0.29) is 17.7 Å². The number of benzene rings is 2. The molecule has 0 saturated heterocycles. The summed E-state index contributed by atoms with van der Waals surface area (Å²) in [5.41, 5.74) is 7.00. The lowest BCUT2D eigenvalue weighted by Gasteiger charge is -2.22. The van der Waals surface area contributed by atoms with Crippen LogP contribution in [0.25, 0.3) is 0 Å². The largest absolute Gasteiger partial charge is 0.508 e. The van der Waals surface area contributed by atoms with Crippen molar-refractivity contribution in [3.8, 4) is 17.2 Å². The van der Waals surface area contributed by atoms with E-state index in [2.05, 4.69) is 5.32 Å². The van der Waals surface area contributed by atoms with Crippen LogP contribution < -0.4 is 15.8 Å². The number of phenols is 1. The van der Waals surface area contributed by atoms with E-state index in [0.717, 1.165) is 31.2 Å². The normalized spacial score (nSPS) is 14.9. The number of hydrogen-bond acceptors (Lipinski definition) is 4. The average molecular weight is 340 g/mol. The van der Waals surface area contributed by atoms with Crippen molar-refractivity contribution in [2.75, 3.05) is 0 Å². The second-order valence-corrected chi connectivity index (χ2v) is 6.47. The molecular formula is C20H24N2O3. The van der Waals surface area contributed by atoms with Gasteiger partial charge in [-0.2, -0.15) is 0 Å². The van der Waals surface area contributed by atoms with E-state index < -0.39 is 0 Å². The summed E-state index contributed by atoms with van der Waals surface area (Å²) in [5, 5.41) is 13.0. The molecule has 5 heteroatoms. The van der Waals surface area contributed by atoms with Crippen molar-refractivity contribution in [3.05, 3.63) is 53.6 Å². The van der Waals surface area contributed by atoms with Crippen LogP contribution >= 0.6 is 0 Å². The Balaban J connectivity index is 1.71. The van der Waals surface area contributed by atoms with Gasteiger partial charge in [0.25, 0.3) is 5.91 Å². The van der Waals surface area contributed by atoms with Crippen LogP contribution in [0.5, 0.6) is 17.2 Å². The van der Waals surface area contributed by atoms with Crippen molar-refractivity contribution in [1.29, 1.82) is 0 Å². The zero-order valence-electron chi connectivity index (χ0n) is 14.2. The standard InChI is InChI=1S/C20H24N2O3/c21-13-14-6-8-18(9-7-14)25-19-11-15(10-17(23)12-19)20(24)22-16-4-2-1-3-5-16/h6-12,16,23H,1-5,13,21H2,(H,22,24). The number of carbonyl (C=O) groups is 1. The molecule has 4 N–H and O–H groups in total. The fourth-order valence-corrected chi connectivity index (χ4v) is 3.12. The molecule has 0 aliphatic heterocycles. The third kappa shape index (κ3) is 4.73. The average Bonchev–Trinajstić information content (AvgIpc) is 2.63. The van der Waals surface area contributed by atoms with Crippen LogP contribution in [-0.2, 0) is 6.54 Å². The van der Waals surface area contributed by atoms with Gasteiger partial charge in [-0.05, 0) is 42.7 Å². The molecule has 0 aromatic heterocycles. The van der Waals surface area contributed by atoms with Crippen LogP contribution in [0.2, 0.25) is 0 Å². The minimum Gasteiger partial charge on any atom is -0.508 e. The minimum atomic E-state index is -0.175. The van der Waals surface area contributed by atoms with E-state index in [1.807, 2.05) is 24.3 Å². The molecule has 3 rings (SSSR count). The third-order valence-corrected chi connectivity index (χ3v) is 4.49. The van der Waals surface area contributed by atoms with E-state index >= 15 is 0 Å². The molecule has 2 aromatic carbocycles. The number of rotatable bonds is 5. The summed E-state index contributed by atoms with van der Waals surface area (Å²) in [6.45, 7) is 0.470. The van der Waals surface area contributed by atoms with E-state index in [1.54, 1.807) is 6.07 Å². The Morgan fingerprint density at radius 2 is 1.80 bits per heavy atom. The van der Waals surface area contributed by atoms with Gasteiger partial charge < -0.3 is 20.9 Å². The molecule has 0 spiro atoms. The topological polar surface area (TPSA) is 84.6 Å². The van der Waals surface area contributed by atoms with Crippen molar-refractivity contribution in [3.63, 3.8) is 0 Å². The summed E-state index contributed by atoms with van der Waals surface area (Å²) in [5.74, 6) is 0.881. The number of hydrogen-bond donors (Lipinski definition) is 3. The Hall–Kier alpha value is -2.53. The van der Waals surface area contributed by atoms with Crippen molar-refractivity contribution in [2.24, 2.45) is 5.73 Å². The highest BCUT2D eigenvalue weighted by Gasteiger charge is 2.17.